The Morgan fingerprint density at radius 3 is 2.25 bits per heavy atom. The number of methoxy groups -OCH3 is 3. The molecule has 0 aliphatic heterocycles. The Morgan fingerprint density at radius 2 is 1.68 bits per heavy atom. The Bertz CT molecular complexity index is 945. The maximum Gasteiger partial charge on any atom is 0.247 e. The summed E-state index contributed by atoms with van der Waals surface area (Å²) in [4.78, 5) is 12.8. The highest BCUT2D eigenvalue weighted by Crippen LogP contribution is 2.30. The van der Waals surface area contributed by atoms with E-state index >= 15 is 0 Å². The first-order chi connectivity index (χ1) is 13.2. The van der Waals surface area contributed by atoms with Crippen molar-refractivity contribution in [1.82, 2.24) is 0 Å². The van der Waals surface area contributed by atoms with Crippen LogP contribution in [0.3, 0.4) is 0 Å². The minimum atomic E-state index is -3.73. The van der Waals surface area contributed by atoms with Gasteiger partial charge in [-0.2, -0.15) is 0 Å². The average molecular weight is 408 g/mol. The second-order valence-corrected chi connectivity index (χ2v) is 7.85. The van der Waals surface area contributed by atoms with Gasteiger partial charge in [-0.1, -0.05) is 6.07 Å². The smallest absolute Gasteiger partial charge is 0.247 e. The first kappa shape index (κ1) is 21.4. The van der Waals surface area contributed by atoms with E-state index < -0.39 is 22.0 Å². The molecule has 0 aliphatic carbocycles. The van der Waals surface area contributed by atoms with E-state index in [2.05, 4.69) is 5.32 Å². The van der Waals surface area contributed by atoms with Gasteiger partial charge in [-0.25, -0.2) is 8.42 Å². The summed E-state index contributed by atoms with van der Waals surface area (Å²) >= 11 is 0. The predicted octanol–water partition coefficient (Wildman–Crippen LogP) is 2.51. The van der Waals surface area contributed by atoms with Crippen molar-refractivity contribution in [3.8, 4) is 17.2 Å². The molecular weight excluding hydrogens is 384 g/mol. The molecule has 0 radical (unpaired) electrons. The molecule has 9 heteroatoms. The van der Waals surface area contributed by atoms with Gasteiger partial charge in [-0.3, -0.25) is 9.10 Å². The normalized spacial score (nSPS) is 12.0. The van der Waals surface area contributed by atoms with Crippen LogP contribution in [0.2, 0.25) is 0 Å². The van der Waals surface area contributed by atoms with Crippen LogP contribution in [0, 0.1) is 0 Å². The molecule has 0 saturated carbocycles. The molecule has 152 valence electrons. The molecule has 0 unspecified atom stereocenters. The Labute approximate surface area is 165 Å². The zero-order valence-electron chi connectivity index (χ0n) is 16.4. The van der Waals surface area contributed by atoms with E-state index in [1.807, 2.05) is 0 Å². The number of sulfonamides is 1. The monoisotopic (exact) mass is 408 g/mol. The highest BCUT2D eigenvalue weighted by atomic mass is 32.2. The first-order valence-corrected chi connectivity index (χ1v) is 10.2. The third-order valence-electron chi connectivity index (χ3n) is 4.05. The van der Waals surface area contributed by atoms with Crippen LogP contribution in [-0.4, -0.2) is 48.0 Å². The van der Waals surface area contributed by atoms with E-state index in [-0.39, 0.29) is 0 Å². The van der Waals surface area contributed by atoms with Crippen LogP contribution in [0.15, 0.2) is 42.5 Å². The molecule has 2 aromatic carbocycles. The zero-order valence-corrected chi connectivity index (χ0v) is 17.2. The molecule has 0 spiro atoms. The number of amides is 1. The minimum absolute atomic E-state index is 0.330. The summed E-state index contributed by atoms with van der Waals surface area (Å²) in [6, 6.07) is 10.4. The molecule has 2 rings (SSSR count). The van der Waals surface area contributed by atoms with Crippen LogP contribution in [0.25, 0.3) is 0 Å². The van der Waals surface area contributed by atoms with Crippen LogP contribution < -0.4 is 23.8 Å². The van der Waals surface area contributed by atoms with Crippen LogP contribution in [0.5, 0.6) is 17.2 Å². The van der Waals surface area contributed by atoms with E-state index in [9.17, 15) is 13.2 Å². The van der Waals surface area contributed by atoms with Gasteiger partial charge in [0.25, 0.3) is 0 Å². The van der Waals surface area contributed by atoms with Gasteiger partial charge in [-0.15, -0.1) is 0 Å². The van der Waals surface area contributed by atoms with Crippen molar-refractivity contribution < 1.29 is 27.4 Å². The lowest BCUT2D eigenvalue weighted by Gasteiger charge is -2.28. The number of benzene rings is 2. The van der Waals surface area contributed by atoms with Gasteiger partial charge >= 0.3 is 0 Å². The molecule has 0 fully saturated rings. The van der Waals surface area contributed by atoms with Crippen molar-refractivity contribution >= 4 is 27.3 Å². The molecule has 1 amide bonds. The topological polar surface area (TPSA) is 94.2 Å². The highest BCUT2D eigenvalue weighted by molar-refractivity contribution is 7.92. The Kier molecular flexibility index (Phi) is 6.74. The number of nitrogens with one attached hydrogen (secondary N) is 1. The van der Waals surface area contributed by atoms with Gasteiger partial charge in [-0.05, 0) is 31.2 Å². The standard InChI is InChI=1S/C19H24N2O6S/c1-13(19(22)20-14-9-10-17(26-3)18(11-14)27-4)21(28(5,23)24)15-7-6-8-16(12-15)25-2/h6-13H,1-5H3,(H,20,22)/t13-/m0/s1. The maximum absolute atomic E-state index is 12.8. The van der Waals surface area contributed by atoms with Crippen molar-refractivity contribution in [1.29, 1.82) is 0 Å². The molecule has 2 aromatic rings. The van der Waals surface area contributed by atoms with E-state index in [0.29, 0.717) is 28.6 Å². The molecule has 1 N–H and O–H groups in total. The van der Waals surface area contributed by atoms with E-state index in [1.165, 1.54) is 28.3 Å². The van der Waals surface area contributed by atoms with E-state index in [1.54, 1.807) is 42.5 Å². The van der Waals surface area contributed by atoms with Crippen LogP contribution in [0.1, 0.15) is 6.92 Å². The van der Waals surface area contributed by atoms with Crippen molar-refractivity contribution in [3.63, 3.8) is 0 Å². The second kappa shape index (κ2) is 8.83. The van der Waals surface area contributed by atoms with E-state index in [4.69, 9.17) is 14.2 Å². The largest absolute Gasteiger partial charge is 0.497 e. The third-order valence-corrected chi connectivity index (χ3v) is 5.29. The summed E-state index contributed by atoms with van der Waals surface area (Å²) in [5.41, 5.74) is 0.783. The molecular formula is C19H24N2O6S. The zero-order chi connectivity index (χ0) is 20.9. The number of nitrogens with zero attached hydrogens (tertiary/aromatic N) is 1. The van der Waals surface area contributed by atoms with Gasteiger partial charge in [0, 0.05) is 17.8 Å². The van der Waals surface area contributed by atoms with Crippen LogP contribution >= 0.6 is 0 Å². The molecule has 0 aromatic heterocycles. The maximum atomic E-state index is 12.8. The Hall–Kier alpha value is -2.94. The van der Waals surface area contributed by atoms with Gasteiger partial charge in [0.15, 0.2) is 11.5 Å². The van der Waals surface area contributed by atoms with Gasteiger partial charge in [0.2, 0.25) is 15.9 Å². The van der Waals surface area contributed by atoms with Gasteiger partial charge in [0.1, 0.15) is 11.8 Å². The fourth-order valence-corrected chi connectivity index (χ4v) is 3.88. The summed E-state index contributed by atoms with van der Waals surface area (Å²) in [6.45, 7) is 1.51. The Balaban J connectivity index is 2.32. The SMILES string of the molecule is COc1cccc(N([C@@H](C)C(=O)Nc2ccc(OC)c(OC)c2)S(C)(=O)=O)c1. The highest BCUT2D eigenvalue weighted by Gasteiger charge is 2.29. The van der Waals surface area contributed by atoms with Crippen molar-refractivity contribution in [2.75, 3.05) is 37.2 Å². The quantitative estimate of drug-likeness (QED) is 0.721. The average Bonchev–Trinajstić information content (AvgIpc) is 2.66. The summed E-state index contributed by atoms with van der Waals surface area (Å²) < 4.78 is 41.4. The molecule has 8 nitrogen and oxygen atoms in total. The number of hydrogen-bond donors (Lipinski definition) is 1. The third kappa shape index (κ3) is 4.86. The second-order valence-electron chi connectivity index (χ2n) is 6.00. The molecule has 0 heterocycles. The minimum Gasteiger partial charge on any atom is -0.497 e. The molecule has 1 atom stereocenters. The molecule has 0 saturated heterocycles. The van der Waals surface area contributed by atoms with Gasteiger partial charge < -0.3 is 19.5 Å². The number of carbonyl (C=O) groups is 1. The van der Waals surface area contributed by atoms with Crippen LogP contribution in [-0.2, 0) is 14.8 Å². The number of rotatable bonds is 8. The number of anilines is 2. The van der Waals surface area contributed by atoms with Crippen molar-refractivity contribution in [2.45, 2.75) is 13.0 Å². The lowest BCUT2D eigenvalue weighted by molar-refractivity contribution is -0.116. The molecule has 28 heavy (non-hydrogen) atoms. The van der Waals surface area contributed by atoms with Crippen molar-refractivity contribution in [3.05, 3.63) is 42.5 Å². The van der Waals surface area contributed by atoms with Crippen molar-refractivity contribution in [2.24, 2.45) is 0 Å². The predicted molar refractivity (Wildman–Crippen MR) is 108 cm³/mol. The summed E-state index contributed by atoms with van der Waals surface area (Å²) in [7, 11) is 0.749. The number of hydrogen-bond acceptors (Lipinski definition) is 6. The van der Waals surface area contributed by atoms with E-state index in [0.717, 1.165) is 10.6 Å². The van der Waals surface area contributed by atoms with Gasteiger partial charge in [0.05, 0.1) is 33.3 Å². The number of carbonyl (C=O) groups excluding carboxylic acids is 1. The molecule has 0 bridgehead atoms. The Morgan fingerprint density at radius 1 is 1.00 bits per heavy atom. The lowest BCUT2D eigenvalue weighted by atomic mass is 10.2. The van der Waals surface area contributed by atoms with Crippen LogP contribution in [0.4, 0.5) is 11.4 Å². The molecule has 0 aliphatic rings. The summed E-state index contributed by atoms with van der Waals surface area (Å²) in [5, 5.41) is 2.71. The summed E-state index contributed by atoms with van der Waals surface area (Å²) in [6.07, 6.45) is 1.05. The fourth-order valence-electron chi connectivity index (χ4n) is 2.72. The summed E-state index contributed by atoms with van der Waals surface area (Å²) in [5.74, 6) is 0.947. The number of ether oxygens (including phenoxy) is 3. The first-order valence-electron chi connectivity index (χ1n) is 8.37. The fraction of sp³-hybridized carbons (Fsp3) is 0.316. The lowest BCUT2D eigenvalue weighted by Crippen LogP contribution is -2.45.